The highest BCUT2D eigenvalue weighted by Crippen LogP contribution is 2.36. The van der Waals surface area contributed by atoms with E-state index < -0.39 is 10.0 Å². The van der Waals surface area contributed by atoms with Gasteiger partial charge in [0.25, 0.3) is 0 Å². The third-order valence-corrected chi connectivity index (χ3v) is 8.63. The fourth-order valence-corrected chi connectivity index (χ4v) is 6.30. The van der Waals surface area contributed by atoms with Gasteiger partial charge in [-0.25, -0.2) is 13.4 Å². The second-order valence-electron chi connectivity index (χ2n) is 8.27. The van der Waals surface area contributed by atoms with E-state index >= 15 is 0 Å². The first kappa shape index (κ1) is 18.0. The average Bonchev–Trinajstić information content (AvgIpc) is 3.40. The number of allylic oxidation sites excluding steroid dienone is 1. The van der Waals surface area contributed by atoms with Crippen LogP contribution in [0.4, 0.5) is 0 Å². The maximum Gasteiger partial charge on any atom is 0.217 e. The van der Waals surface area contributed by atoms with Crippen molar-refractivity contribution in [2.45, 2.75) is 30.9 Å². The summed E-state index contributed by atoms with van der Waals surface area (Å²) in [5.74, 6) is 0. The number of nitrogens with one attached hydrogen (secondary N) is 1. The zero-order valence-electron chi connectivity index (χ0n) is 16.5. The van der Waals surface area contributed by atoms with Gasteiger partial charge in [0, 0.05) is 31.3 Å². The van der Waals surface area contributed by atoms with Crippen molar-refractivity contribution >= 4 is 32.2 Å². The molecule has 0 amide bonds. The van der Waals surface area contributed by atoms with Gasteiger partial charge in [-0.15, -0.1) is 0 Å². The number of hydrogen-bond donors (Lipinski definition) is 1. The number of aromatic nitrogens is 3. The molecule has 2 aromatic heterocycles. The highest BCUT2D eigenvalue weighted by molar-refractivity contribution is 7.90. The Labute approximate surface area is 175 Å². The molecule has 1 saturated carbocycles. The Morgan fingerprint density at radius 2 is 1.97 bits per heavy atom. The molecule has 1 aliphatic heterocycles. The smallest absolute Gasteiger partial charge is 0.217 e. The first-order valence-electron chi connectivity index (χ1n) is 10.4. The Morgan fingerprint density at radius 3 is 2.83 bits per heavy atom. The number of benzene rings is 1. The molecule has 152 valence electrons. The topological polar surface area (TPSA) is 79.0 Å². The fraction of sp³-hybridized carbons (Fsp3) is 0.304. The van der Waals surface area contributed by atoms with Crippen molar-refractivity contribution in [3.63, 3.8) is 0 Å². The summed E-state index contributed by atoms with van der Waals surface area (Å²) in [4.78, 5) is 12.2. The monoisotopic (exact) mass is 418 g/mol. The Balaban J connectivity index is 1.33. The minimum Gasteiger partial charge on any atom is -0.345 e. The van der Waals surface area contributed by atoms with Crippen LogP contribution >= 0.6 is 0 Å². The van der Waals surface area contributed by atoms with Gasteiger partial charge >= 0.3 is 0 Å². The normalized spacial score (nSPS) is 19.6. The van der Waals surface area contributed by atoms with Crippen molar-refractivity contribution < 1.29 is 8.42 Å². The quantitative estimate of drug-likeness (QED) is 0.703. The maximum atomic E-state index is 12.7. The highest BCUT2D eigenvalue weighted by Gasteiger charge is 2.40. The molecule has 3 heterocycles. The Morgan fingerprint density at radius 1 is 1.07 bits per heavy atom. The summed E-state index contributed by atoms with van der Waals surface area (Å²) in [6.07, 6.45) is 11.1. The van der Waals surface area contributed by atoms with Crippen LogP contribution in [0.5, 0.6) is 0 Å². The summed E-state index contributed by atoms with van der Waals surface area (Å²) in [5.41, 5.74) is 8.55. The molecule has 0 radical (unpaired) electrons. The number of imidazole rings is 1. The van der Waals surface area contributed by atoms with Gasteiger partial charge in [0.05, 0.1) is 28.3 Å². The molecule has 3 aliphatic rings. The van der Waals surface area contributed by atoms with Gasteiger partial charge in [-0.3, -0.25) is 4.98 Å². The van der Waals surface area contributed by atoms with Crippen LogP contribution in [0, 0.1) is 0 Å². The molecule has 0 unspecified atom stereocenters. The summed E-state index contributed by atoms with van der Waals surface area (Å²) >= 11 is 0. The number of pyridine rings is 1. The molecular formula is C23H22N4O2S. The number of H-pyrrole nitrogens is 1. The van der Waals surface area contributed by atoms with E-state index in [2.05, 4.69) is 40.3 Å². The summed E-state index contributed by atoms with van der Waals surface area (Å²) < 4.78 is 27.1. The minimum absolute atomic E-state index is 0.165. The van der Waals surface area contributed by atoms with Crippen molar-refractivity contribution in [1.82, 2.24) is 19.3 Å². The van der Waals surface area contributed by atoms with Gasteiger partial charge in [-0.1, -0.05) is 18.2 Å². The van der Waals surface area contributed by atoms with Gasteiger partial charge in [0.2, 0.25) is 10.0 Å². The van der Waals surface area contributed by atoms with Crippen LogP contribution in [-0.2, 0) is 16.4 Å². The number of nitrogens with zero attached hydrogens (tertiary/aromatic N) is 3. The molecule has 3 aromatic rings. The number of aromatic amines is 1. The molecule has 1 aromatic carbocycles. The predicted molar refractivity (Wildman–Crippen MR) is 117 cm³/mol. The molecular weight excluding hydrogens is 396 g/mol. The van der Waals surface area contributed by atoms with E-state index in [0.29, 0.717) is 13.1 Å². The Hall–Kier alpha value is -2.77. The van der Waals surface area contributed by atoms with Crippen LogP contribution in [0.1, 0.15) is 41.6 Å². The molecule has 6 rings (SSSR count). The van der Waals surface area contributed by atoms with Gasteiger partial charge < -0.3 is 4.98 Å². The van der Waals surface area contributed by atoms with E-state index in [-0.39, 0.29) is 5.25 Å². The number of hydrogen-bond acceptors (Lipinski definition) is 4. The van der Waals surface area contributed by atoms with Crippen molar-refractivity contribution in [1.29, 1.82) is 0 Å². The summed E-state index contributed by atoms with van der Waals surface area (Å²) in [6, 6.07) is 8.43. The van der Waals surface area contributed by atoms with Crippen molar-refractivity contribution in [2.24, 2.45) is 0 Å². The fourth-order valence-electron chi connectivity index (χ4n) is 4.47. The first-order valence-corrected chi connectivity index (χ1v) is 11.9. The largest absolute Gasteiger partial charge is 0.345 e. The Bertz CT molecular complexity index is 1330. The third kappa shape index (κ3) is 2.92. The van der Waals surface area contributed by atoms with E-state index in [1.165, 1.54) is 5.57 Å². The number of rotatable bonds is 4. The lowest BCUT2D eigenvalue weighted by molar-refractivity contribution is 0.442. The van der Waals surface area contributed by atoms with Crippen LogP contribution in [0.2, 0.25) is 0 Å². The van der Waals surface area contributed by atoms with Crippen molar-refractivity contribution in [2.75, 3.05) is 13.1 Å². The van der Waals surface area contributed by atoms with Crippen LogP contribution in [0.15, 0.2) is 48.9 Å². The van der Waals surface area contributed by atoms with Crippen molar-refractivity contribution in [3.05, 3.63) is 71.3 Å². The van der Waals surface area contributed by atoms with Gasteiger partial charge in [0.15, 0.2) is 0 Å². The molecule has 7 heteroatoms. The molecule has 0 bridgehead atoms. The molecule has 0 saturated heterocycles. The molecule has 0 spiro atoms. The summed E-state index contributed by atoms with van der Waals surface area (Å²) in [5, 5.41) is -0.165. The zero-order valence-corrected chi connectivity index (χ0v) is 17.3. The number of sulfonamides is 1. The second-order valence-corrected chi connectivity index (χ2v) is 10.5. The van der Waals surface area contributed by atoms with E-state index in [0.717, 1.165) is 64.7 Å². The molecule has 0 atom stereocenters. The van der Waals surface area contributed by atoms with Gasteiger partial charge in [-0.2, -0.15) is 4.31 Å². The lowest BCUT2D eigenvalue weighted by atomic mass is 9.96. The van der Waals surface area contributed by atoms with Crippen LogP contribution < -0.4 is 0 Å². The van der Waals surface area contributed by atoms with Crippen LogP contribution in [-0.4, -0.2) is 46.0 Å². The lowest BCUT2D eigenvalue weighted by Gasteiger charge is -2.27. The molecule has 30 heavy (non-hydrogen) atoms. The van der Waals surface area contributed by atoms with Crippen LogP contribution in [0.25, 0.3) is 22.2 Å². The van der Waals surface area contributed by atoms with Crippen molar-refractivity contribution in [3.8, 4) is 0 Å². The highest BCUT2D eigenvalue weighted by atomic mass is 32.2. The van der Waals surface area contributed by atoms with E-state index in [1.54, 1.807) is 10.6 Å². The average molecular weight is 419 g/mol. The predicted octanol–water partition coefficient (Wildman–Crippen LogP) is 3.53. The zero-order chi connectivity index (χ0) is 20.3. The van der Waals surface area contributed by atoms with E-state index in [1.807, 2.05) is 12.3 Å². The lowest BCUT2D eigenvalue weighted by Crippen LogP contribution is -2.37. The Kier molecular flexibility index (Phi) is 3.98. The summed E-state index contributed by atoms with van der Waals surface area (Å²) in [7, 11) is -3.16. The number of fused-ring (bicyclic) bond motifs is 2. The third-order valence-electron chi connectivity index (χ3n) is 6.28. The first-order chi connectivity index (χ1) is 14.6. The maximum absolute atomic E-state index is 12.7. The molecule has 2 aliphatic carbocycles. The van der Waals surface area contributed by atoms with Gasteiger partial charge in [0.1, 0.15) is 0 Å². The van der Waals surface area contributed by atoms with E-state index in [9.17, 15) is 8.42 Å². The van der Waals surface area contributed by atoms with E-state index in [4.69, 9.17) is 4.98 Å². The summed E-state index contributed by atoms with van der Waals surface area (Å²) in [6.45, 7) is 1.02. The van der Waals surface area contributed by atoms with Gasteiger partial charge in [-0.05, 0) is 59.7 Å². The van der Waals surface area contributed by atoms with Crippen LogP contribution in [0.3, 0.4) is 0 Å². The molecule has 6 nitrogen and oxygen atoms in total. The standard InChI is InChI=1S/C23H22N4O2S/c28-30(29,18-4-5-18)27-9-1-2-16(13-27)17-10-20-19(6-8-21(20)24-12-17)15-3-7-22-23(11-15)26-14-25-22/h2-3,6-7,10-12,14,18H,1,4-5,8-9,13H2,(H,25,26). The SMILES string of the molecule is O=S(=O)(C1CC1)N1CCC=C(c2cnc3c(c2)C(c2ccc4nc[nH]c4c2)=CC3)C1. The molecule has 1 N–H and O–H groups in total. The minimum atomic E-state index is -3.16. The molecule has 1 fully saturated rings. The second kappa shape index (κ2) is 6.62.